The van der Waals surface area contributed by atoms with Gasteiger partial charge in [0.25, 0.3) is 5.91 Å². The van der Waals surface area contributed by atoms with E-state index in [2.05, 4.69) is 10.1 Å². The third kappa shape index (κ3) is 4.68. The lowest BCUT2D eigenvalue weighted by atomic mass is 10.1. The van der Waals surface area contributed by atoms with Gasteiger partial charge in [0.05, 0.1) is 48.4 Å². The van der Waals surface area contributed by atoms with Gasteiger partial charge in [0.15, 0.2) is 0 Å². The van der Waals surface area contributed by atoms with Crippen LogP contribution in [0.3, 0.4) is 0 Å². The number of hydrogen-bond donors (Lipinski definition) is 1. The average molecular weight is 408 g/mol. The summed E-state index contributed by atoms with van der Waals surface area (Å²) in [6.45, 7) is 1.82. The SMILES string of the molecule is COC(=O)c1ccccc1C(=O)Nc1cc(C(F)(F)F)ccc1N1CCOCC1. The molecule has 29 heavy (non-hydrogen) atoms. The first-order valence-electron chi connectivity index (χ1n) is 8.84. The number of nitrogens with zero attached hydrogens (tertiary/aromatic N) is 1. The molecule has 1 aliphatic rings. The molecule has 1 amide bonds. The van der Waals surface area contributed by atoms with Crippen molar-refractivity contribution in [2.75, 3.05) is 43.6 Å². The lowest BCUT2D eigenvalue weighted by molar-refractivity contribution is -0.137. The number of alkyl halides is 3. The highest BCUT2D eigenvalue weighted by Gasteiger charge is 2.32. The number of esters is 1. The number of morpholine rings is 1. The maximum Gasteiger partial charge on any atom is 0.416 e. The molecule has 2 aromatic rings. The minimum atomic E-state index is -4.56. The first-order chi connectivity index (χ1) is 13.8. The Bertz CT molecular complexity index is 909. The molecule has 1 N–H and O–H groups in total. The van der Waals surface area contributed by atoms with Crippen LogP contribution in [0.1, 0.15) is 26.3 Å². The van der Waals surface area contributed by atoms with E-state index in [9.17, 15) is 22.8 Å². The zero-order chi connectivity index (χ0) is 21.0. The van der Waals surface area contributed by atoms with Crippen molar-refractivity contribution < 1.29 is 32.2 Å². The van der Waals surface area contributed by atoms with Gasteiger partial charge in [-0.25, -0.2) is 4.79 Å². The fourth-order valence-corrected chi connectivity index (χ4v) is 3.05. The van der Waals surface area contributed by atoms with Crippen molar-refractivity contribution in [3.05, 3.63) is 59.2 Å². The first-order valence-corrected chi connectivity index (χ1v) is 8.84. The predicted octanol–water partition coefficient (Wildman–Crippen LogP) is 3.58. The Hall–Kier alpha value is -3.07. The third-order valence-corrected chi connectivity index (χ3v) is 4.50. The fraction of sp³-hybridized carbons (Fsp3) is 0.300. The van der Waals surface area contributed by atoms with E-state index in [1.807, 2.05) is 4.90 Å². The first kappa shape index (κ1) is 20.7. The van der Waals surface area contributed by atoms with Crippen LogP contribution in [-0.4, -0.2) is 45.3 Å². The highest BCUT2D eigenvalue weighted by atomic mass is 19.4. The molecule has 0 aliphatic carbocycles. The van der Waals surface area contributed by atoms with Crippen LogP contribution in [0.25, 0.3) is 0 Å². The fourth-order valence-electron chi connectivity index (χ4n) is 3.05. The Labute approximate surface area is 165 Å². The topological polar surface area (TPSA) is 67.9 Å². The molecule has 0 radical (unpaired) electrons. The molecule has 154 valence electrons. The van der Waals surface area contributed by atoms with Crippen molar-refractivity contribution in [3.8, 4) is 0 Å². The number of amides is 1. The summed E-state index contributed by atoms with van der Waals surface area (Å²) < 4.78 is 49.6. The van der Waals surface area contributed by atoms with Gasteiger partial charge in [-0.05, 0) is 30.3 Å². The Morgan fingerprint density at radius 2 is 1.72 bits per heavy atom. The van der Waals surface area contributed by atoms with Gasteiger partial charge in [-0.1, -0.05) is 12.1 Å². The normalized spacial score (nSPS) is 14.4. The second kappa shape index (κ2) is 8.52. The molecule has 0 bridgehead atoms. The Kier molecular flexibility index (Phi) is 6.07. The van der Waals surface area contributed by atoms with Crippen LogP contribution in [0.2, 0.25) is 0 Å². The summed E-state index contributed by atoms with van der Waals surface area (Å²) in [5.74, 6) is -1.42. The van der Waals surface area contributed by atoms with E-state index < -0.39 is 23.6 Å². The van der Waals surface area contributed by atoms with E-state index in [4.69, 9.17) is 4.74 Å². The molecule has 9 heteroatoms. The largest absolute Gasteiger partial charge is 0.465 e. The standard InChI is InChI=1S/C20H19F3N2O4/c1-28-19(27)15-5-3-2-4-14(15)18(26)24-16-12-13(20(21,22)23)6-7-17(16)25-8-10-29-11-9-25/h2-7,12H,8-11H2,1H3,(H,24,26). The van der Waals surface area contributed by atoms with Gasteiger partial charge >= 0.3 is 12.1 Å². The number of hydrogen-bond acceptors (Lipinski definition) is 5. The Morgan fingerprint density at radius 3 is 2.34 bits per heavy atom. The van der Waals surface area contributed by atoms with Crippen molar-refractivity contribution in [1.82, 2.24) is 0 Å². The van der Waals surface area contributed by atoms with Gasteiger partial charge < -0.3 is 19.7 Å². The molecule has 1 aliphatic heterocycles. The van der Waals surface area contributed by atoms with E-state index >= 15 is 0 Å². The average Bonchev–Trinajstić information content (AvgIpc) is 2.73. The number of rotatable bonds is 4. The zero-order valence-corrected chi connectivity index (χ0v) is 15.6. The summed E-state index contributed by atoms with van der Waals surface area (Å²) in [5, 5.41) is 2.53. The van der Waals surface area contributed by atoms with E-state index in [-0.39, 0.29) is 16.8 Å². The number of methoxy groups -OCH3 is 1. The van der Waals surface area contributed by atoms with Crippen LogP contribution in [0.4, 0.5) is 24.5 Å². The number of benzene rings is 2. The summed E-state index contributed by atoms with van der Waals surface area (Å²) in [7, 11) is 1.18. The molecule has 1 saturated heterocycles. The second-order valence-corrected chi connectivity index (χ2v) is 6.32. The summed E-state index contributed by atoms with van der Waals surface area (Å²) in [6.07, 6.45) is -4.56. The van der Waals surface area contributed by atoms with Crippen LogP contribution in [0.5, 0.6) is 0 Å². The number of carbonyl (C=O) groups excluding carboxylic acids is 2. The van der Waals surface area contributed by atoms with Gasteiger partial charge in [-0.3, -0.25) is 4.79 Å². The van der Waals surface area contributed by atoms with Crippen LogP contribution in [0.15, 0.2) is 42.5 Å². The van der Waals surface area contributed by atoms with Crippen molar-refractivity contribution >= 4 is 23.3 Å². The molecular weight excluding hydrogens is 389 g/mol. The quantitative estimate of drug-likeness (QED) is 0.784. The highest BCUT2D eigenvalue weighted by Crippen LogP contribution is 2.36. The Balaban J connectivity index is 1.98. The highest BCUT2D eigenvalue weighted by molar-refractivity contribution is 6.12. The number of nitrogens with one attached hydrogen (secondary N) is 1. The molecule has 1 heterocycles. The maximum absolute atomic E-state index is 13.2. The monoisotopic (exact) mass is 408 g/mol. The minimum absolute atomic E-state index is 0.00434. The second-order valence-electron chi connectivity index (χ2n) is 6.32. The number of carbonyl (C=O) groups is 2. The van der Waals surface area contributed by atoms with Crippen LogP contribution >= 0.6 is 0 Å². The van der Waals surface area contributed by atoms with E-state index in [1.54, 1.807) is 12.1 Å². The van der Waals surface area contributed by atoms with Crippen molar-refractivity contribution in [1.29, 1.82) is 0 Å². The van der Waals surface area contributed by atoms with Gasteiger partial charge in [0.2, 0.25) is 0 Å². The molecule has 2 aromatic carbocycles. The van der Waals surface area contributed by atoms with Gasteiger partial charge in [0.1, 0.15) is 0 Å². The van der Waals surface area contributed by atoms with Gasteiger partial charge in [0, 0.05) is 13.1 Å². The minimum Gasteiger partial charge on any atom is -0.465 e. The molecule has 0 saturated carbocycles. The number of ether oxygens (including phenoxy) is 2. The predicted molar refractivity (Wildman–Crippen MR) is 100 cm³/mol. The molecule has 0 unspecified atom stereocenters. The molecule has 0 atom stereocenters. The summed E-state index contributed by atoms with van der Waals surface area (Å²) in [4.78, 5) is 26.6. The molecular formula is C20H19F3N2O4. The van der Waals surface area contributed by atoms with E-state index in [0.717, 1.165) is 12.1 Å². The molecule has 0 spiro atoms. The molecule has 3 rings (SSSR count). The van der Waals surface area contributed by atoms with Gasteiger partial charge in [-0.2, -0.15) is 13.2 Å². The van der Waals surface area contributed by atoms with Crippen LogP contribution in [-0.2, 0) is 15.7 Å². The Morgan fingerprint density at radius 1 is 1.07 bits per heavy atom. The van der Waals surface area contributed by atoms with E-state index in [1.165, 1.54) is 25.3 Å². The zero-order valence-electron chi connectivity index (χ0n) is 15.6. The summed E-state index contributed by atoms with van der Waals surface area (Å²) >= 11 is 0. The third-order valence-electron chi connectivity index (χ3n) is 4.50. The number of halogens is 3. The number of anilines is 2. The smallest absolute Gasteiger partial charge is 0.416 e. The van der Waals surface area contributed by atoms with Crippen molar-refractivity contribution in [2.24, 2.45) is 0 Å². The van der Waals surface area contributed by atoms with E-state index in [0.29, 0.717) is 32.0 Å². The van der Waals surface area contributed by atoms with Crippen molar-refractivity contribution in [3.63, 3.8) is 0 Å². The van der Waals surface area contributed by atoms with Crippen LogP contribution < -0.4 is 10.2 Å². The lowest BCUT2D eigenvalue weighted by Crippen LogP contribution is -2.37. The summed E-state index contributed by atoms with van der Waals surface area (Å²) in [5.41, 5.74) is -0.403. The van der Waals surface area contributed by atoms with Gasteiger partial charge in [-0.15, -0.1) is 0 Å². The summed E-state index contributed by atoms with van der Waals surface area (Å²) in [6, 6.07) is 9.13. The lowest BCUT2D eigenvalue weighted by Gasteiger charge is -2.31. The molecule has 0 aromatic heterocycles. The molecule has 6 nitrogen and oxygen atoms in total. The molecule has 1 fully saturated rings. The van der Waals surface area contributed by atoms with Crippen molar-refractivity contribution in [2.45, 2.75) is 6.18 Å². The van der Waals surface area contributed by atoms with Crippen LogP contribution in [0, 0.1) is 0 Å². The maximum atomic E-state index is 13.2.